The second-order valence-electron chi connectivity index (χ2n) is 3.72. The molecule has 0 bridgehead atoms. The summed E-state index contributed by atoms with van der Waals surface area (Å²) in [4.78, 5) is 12.8. The number of hydrogen-bond donors (Lipinski definition) is 0. The summed E-state index contributed by atoms with van der Waals surface area (Å²) in [7, 11) is 2.98. The van der Waals surface area contributed by atoms with E-state index in [4.69, 9.17) is 11.6 Å². The molecule has 0 saturated carbocycles. The minimum Gasteiger partial charge on any atom is -0.347 e. The molecular formula is C11H11ClF3NO. The number of carbonyl (C=O) groups is 1. The molecule has 0 N–H and O–H groups in total. The maximum absolute atomic E-state index is 12.5. The first-order valence-corrected chi connectivity index (χ1v) is 5.19. The maximum atomic E-state index is 12.5. The topological polar surface area (TPSA) is 20.3 Å². The molecule has 0 aliphatic carbocycles. The average molecular weight is 266 g/mol. The normalized spacial score (nSPS) is 13.3. The van der Waals surface area contributed by atoms with Crippen molar-refractivity contribution in [3.8, 4) is 0 Å². The van der Waals surface area contributed by atoms with Gasteiger partial charge in [-0.25, -0.2) is 0 Å². The molecule has 0 aliphatic heterocycles. The molecule has 0 spiro atoms. The Hall–Kier alpha value is -1.23. The molecule has 2 nitrogen and oxygen atoms in total. The summed E-state index contributed by atoms with van der Waals surface area (Å²) in [6.45, 7) is 0. The third kappa shape index (κ3) is 3.36. The molecule has 1 atom stereocenters. The zero-order chi connectivity index (χ0) is 13.2. The van der Waals surface area contributed by atoms with Crippen LogP contribution < -0.4 is 0 Å². The average Bonchev–Trinajstić information content (AvgIpc) is 2.26. The molecule has 0 fully saturated rings. The summed E-state index contributed by atoms with van der Waals surface area (Å²) in [5.41, 5.74) is -0.674. The molecule has 0 radical (unpaired) electrons. The van der Waals surface area contributed by atoms with Gasteiger partial charge in [0.1, 0.15) is 5.38 Å². The van der Waals surface area contributed by atoms with Crippen LogP contribution in [0.1, 0.15) is 16.5 Å². The van der Waals surface area contributed by atoms with Gasteiger partial charge in [-0.1, -0.05) is 12.1 Å². The highest BCUT2D eigenvalue weighted by Gasteiger charge is 2.31. The van der Waals surface area contributed by atoms with Gasteiger partial charge >= 0.3 is 6.18 Å². The predicted molar refractivity (Wildman–Crippen MR) is 58.7 cm³/mol. The molecule has 1 aromatic rings. The first kappa shape index (κ1) is 13.8. The number of benzene rings is 1. The van der Waals surface area contributed by atoms with Gasteiger partial charge in [0, 0.05) is 14.1 Å². The Bertz CT molecular complexity index is 417. The molecule has 0 heterocycles. The highest BCUT2D eigenvalue weighted by atomic mass is 35.5. The molecule has 94 valence electrons. The molecule has 0 aromatic heterocycles. The number of carbonyl (C=O) groups excluding carboxylic acids is 1. The van der Waals surface area contributed by atoms with Crippen LogP contribution in [0.2, 0.25) is 0 Å². The first-order chi connectivity index (χ1) is 7.73. The third-order valence-corrected chi connectivity index (χ3v) is 2.60. The smallest absolute Gasteiger partial charge is 0.347 e. The maximum Gasteiger partial charge on any atom is 0.416 e. The van der Waals surface area contributed by atoms with Crippen LogP contribution in [0.5, 0.6) is 0 Å². The fourth-order valence-corrected chi connectivity index (χ4v) is 1.57. The Balaban J connectivity index is 3.04. The number of alkyl halides is 4. The van der Waals surface area contributed by atoms with E-state index in [-0.39, 0.29) is 5.56 Å². The standard InChI is InChI=1S/C11H11ClF3NO/c1-16(2)10(17)9(12)7-4-3-5-8(6-7)11(13,14)15/h3-6,9H,1-2H3. The second-order valence-corrected chi connectivity index (χ2v) is 4.15. The Morgan fingerprint density at radius 2 is 1.94 bits per heavy atom. The van der Waals surface area contributed by atoms with E-state index in [2.05, 4.69) is 0 Å². The van der Waals surface area contributed by atoms with E-state index < -0.39 is 23.0 Å². The van der Waals surface area contributed by atoms with E-state index in [1.54, 1.807) is 0 Å². The van der Waals surface area contributed by atoms with Crippen LogP contribution in [0, 0.1) is 0 Å². The second kappa shape index (κ2) is 4.96. The number of halogens is 4. The SMILES string of the molecule is CN(C)C(=O)C(Cl)c1cccc(C(F)(F)F)c1. The van der Waals surface area contributed by atoms with Crippen molar-refractivity contribution < 1.29 is 18.0 Å². The van der Waals surface area contributed by atoms with Gasteiger partial charge in [-0.3, -0.25) is 4.79 Å². The zero-order valence-corrected chi connectivity index (χ0v) is 10.0. The highest BCUT2D eigenvalue weighted by molar-refractivity contribution is 6.30. The zero-order valence-electron chi connectivity index (χ0n) is 9.25. The van der Waals surface area contributed by atoms with Crippen molar-refractivity contribution in [3.05, 3.63) is 35.4 Å². The Morgan fingerprint density at radius 1 is 1.35 bits per heavy atom. The molecule has 6 heteroatoms. The van der Waals surface area contributed by atoms with Crippen molar-refractivity contribution in [2.24, 2.45) is 0 Å². The summed E-state index contributed by atoms with van der Waals surface area (Å²) in [5, 5.41) is -1.10. The quantitative estimate of drug-likeness (QED) is 0.753. The largest absolute Gasteiger partial charge is 0.416 e. The fraction of sp³-hybridized carbons (Fsp3) is 0.364. The van der Waals surface area contributed by atoms with Crippen LogP contribution in [0.3, 0.4) is 0 Å². The molecule has 0 aliphatic rings. The molecule has 1 aromatic carbocycles. The molecule has 1 rings (SSSR count). The van der Waals surface area contributed by atoms with E-state index >= 15 is 0 Å². The first-order valence-electron chi connectivity index (χ1n) is 4.76. The van der Waals surface area contributed by atoms with E-state index in [0.717, 1.165) is 12.1 Å². The third-order valence-electron chi connectivity index (χ3n) is 2.16. The van der Waals surface area contributed by atoms with Crippen molar-refractivity contribution >= 4 is 17.5 Å². The lowest BCUT2D eigenvalue weighted by atomic mass is 10.1. The number of rotatable bonds is 2. The lowest BCUT2D eigenvalue weighted by Gasteiger charge is -2.16. The van der Waals surface area contributed by atoms with Gasteiger partial charge in [0.05, 0.1) is 5.56 Å². The summed E-state index contributed by atoms with van der Waals surface area (Å²) in [5.74, 6) is -0.453. The van der Waals surface area contributed by atoms with Crippen LogP contribution in [-0.2, 0) is 11.0 Å². The van der Waals surface area contributed by atoms with Crippen molar-refractivity contribution in [2.75, 3.05) is 14.1 Å². The molecule has 17 heavy (non-hydrogen) atoms. The minimum absolute atomic E-state index is 0.139. The number of nitrogens with zero attached hydrogens (tertiary/aromatic N) is 1. The van der Waals surface area contributed by atoms with E-state index in [0.29, 0.717) is 0 Å². The van der Waals surface area contributed by atoms with E-state index in [1.165, 1.54) is 31.1 Å². The molecule has 0 saturated heterocycles. The Labute approximate surface area is 102 Å². The predicted octanol–water partition coefficient (Wildman–Crippen LogP) is 3.07. The fourth-order valence-electron chi connectivity index (χ4n) is 1.24. The summed E-state index contributed by atoms with van der Waals surface area (Å²) >= 11 is 5.82. The Kier molecular flexibility index (Phi) is 4.03. The van der Waals surface area contributed by atoms with Gasteiger partial charge in [-0.2, -0.15) is 13.2 Å². The van der Waals surface area contributed by atoms with Gasteiger partial charge in [0.15, 0.2) is 0 Å². The molecule has 1 amide bonds. The minimum atomic E-state index is -4.44. The van der Waals surface area contributed by atoms with Crippen LogP contribution in [0.4, 0.5) is 13.2 Å². The summed E-state index contributed by atoms with van der Waals surface area (Å²) < 4.78 is 37.4. The van der Waals surface area contributed by atoms with Crippen LogP contribution in [0.25, 0.3) is 0 Å². The molecular weight excluding hydrogens is 255 g/mol. The summed E-state index contributed by atoms with van der Waals surface area (Å²) in [6, 6.07) is 4.46. The van der Waals surface area contributed by atoms with Crippen molar-refractivity contribution in [1.29, 1.82) is 0 Å². The number of hydrogen-bond acceptors (Lipinski definition) is 1. The highest BCUT2D eigenvalue weighted by Crippen LogP contribution is 2.32. The van der Waals surface area contributed by atoms with Crippen molar-refractivity contribution in [1.82, 2.24) is 4.90 Å². The van der Waals surface area contributed by atoms with E-state index in [9.17, 15) is 18.0 Å². The van der Waals surface area contributed by atoms with Gasteiger partial charge in [-0.15, -0.1) is 11.6 Å². The van der Waals surface area contributed by atoms with Crippen molar-refractivity contribution in [3.63, 3.8) is 0 Å². The molecule has 1 unspecified atom stereocenters. The van der Waals surface area contributed by atoms with Gasteiger partial charge in [-0.05, 0) is 17.7 Å². The monoisotopic (exact) mass is 265 g/mol. The number of amides is 1. The van der Waals surface area contributed by atoms with E-state index in [1.807, 2.05) is 0 Å². The Morgan fingerprint density at radius 3 is 2.41 bits per heavy atom. The summed E-state index contributed by atoms with van der Waals surface area (Å²) in [6.07, 6.45) is -4.44. The van der Waals surface area contributed by atoms with Crippen molar-refractivity contribution in [2.45, 2.75) is 11.6 Å². The van der Waals surface area contributed by atoms with Gasteiger partial charge in [0.2, 0.25) is 5.91 Å². The van der Waals surface area contributed by atoms with Crippen LogP contribution in [0.15, 0.2) is 24.3 Å². The van der Waals surface area contributed by atoms with Gasteiger partial charge < -0.3 is 4.90 Å². The lowest BCUT2D eigenvalue weighted by Crippen LogP contribution is -2.25. The number of likely N-dealkylation sites (N-methyl/N-ethyl adjacent to an activating group) is 1. The van der Waals surface area contributed by atoms with Gasteiger partial charge in [0.25, 0.3) is 0 Å². The van der Waals surface area contributed by atoms with Crippen LogP contribution >= 0.6 is 11.6 Å². The van der Waals surface area contributed by atoms with Crippen LogP contribution in [-0.4, -0.2) is 24.9 Å². The lowest BCUT2D eigenvalue weighted by molar-refractivity contribution is -0.137.